The van der Waals surface area contributed by atoms with E-state index in [-0.39, 0.29) is 5.91 Å². The first-order chi connectivity index (χ1) is 13.2. The first-order valence-electron chi connectivity index (χ1n) is 9.21. The van der Waals surface area contributed by atoms with Crippen molar-refractivity contribution in [2.75, 3.05) is 26.2 Å². The molecule has 4 rings (SSSR count). The molecule has 0 bridgehead atoms. The number of likely N-dealkylation sites (tertiary alicyclic amines) is 1. The van der Waals surface area contributed by atoms with Gasteiger partial charge in [-0.05, 0) is 48.7 Å². The Morgan fingerprint density at radius 3 is 2.56 bits per heavy atom. The predicted octanol–water partition coefficient (Wildman–Crippen LogP) is 4.44. The number of hydrogen-bond donors (Lipinski definition) is 0. The van der Waals surface area contributed by atoms with Gasteiger partial charge in [0, 0.05) is 29.2 Å². The molecule has 5 heteroatoms. The van der Waals surface area contributed by atoms with Crippen molar-refractivity contribution < 1.29 is 9.53 Å². The molecule has 0 radical (unpaired) electrons. The van der Waals surface area contributed by atoms with Gasteiger partial charge in [-0.2, -0.15) is 0 Å². The van der Waals surface area contributed by atoms with Gasteiger partial charge in [0.15, 0.2) is 0 Å². The summed E-state index contributed by atoms with van der Waals surface area (Å²) >= 11 is 6.00. The number of halogens is 1. The normalized spacial score (nSPS) is 16.7. The zero-order valence-electron chi connectivity index (χ0n) is 15.0. The Kier molecular flexibility index (Phi) is 5.26. The number of rotatable bonds is 3. The smallest absolute Gasteiger partial charge is 0.253 e. The van der Waals surface area contributed by atoms with Crippen LogP contribution >= 0.6 is 11.6 Å². The van der Waals surface area contributed by atoms with E-state index < -0.39 is 0 Å². The third kappa shape index (κ3) is 4.22. The number of piperidine rings is 1. The summed E-state index contributed by atoms with van der Waals surface area (Å²) < 4.78 is 5.50. The number of hydrogen-bond acceptors (Lipinski definition) is 3. The van der Waals surface area contributed by atoms with Crippen LogP contribution in [0.1, 0.15) is 34.3 Å². The van der Waals surface area contributed by atoms with E-state index in [1.807, 2.05) is 29.2 Å². The van der Waals surface area contributed by atoms with Gasteiger partial charge in [-0.3, -0.25) is 4.79 Å². The molecule has 0 spiro atoms. The molecule has 2 aromatic carbocycles. The van der Waals surface area contributed by atoms with Crippen molar-refractivity contribution in [2.45, 2.75) is 12.8 Å². The van der Waals surface area contributed by atoms with E-state index in [0.717, 1.165) is 43.9 Å². The number of carbonyl (C=O) groups is 1. The Hall–Kier alpha value is -2.59. The van der Waals surface area contributed by atoms with E-state index in [2.05, 4.69) is 23.2 Å². The molecule has 27 heavy (non-hydrogen) atoms. The van der Waals surface area contributed by atoms with Crippen LogP contribution in [-0.4, -0.2) is 42.9 Å². The molecule has 0 N–H and O–H groups in total. The number of nitrogens with zero attached hydrogens (tertiary/aromatic N) is 2. The standard InChI is InChI=1S/C22H21ClN2O2/c23-20-3-1-2-19(15-20)22(26)25-11-8-17(9-12-25)14-16-4-6-18(7-5-16)21-24-10-13-27-21/h1-7,14-15H,8-13H2. The van der Waals surface area contributed by atoms with Gasteiger partial charge in [-0.25, -0.2) is 4.99 Å². The summed E-state index contributed by atoms with van der Waals surface area (Å²) in [4.78, 5) is 18.8. The summed E-state index contributed by atoms with van der Waals surface area (Å²) in [7, 11) is 0. The van der Waals surface area contributed by atoms with Crippen LogP contribution in [0.5, 0.6) is 0 Å². The molecule has 4 nitrogen and oxygen atoms in total. The van der Waals surface area contributed by atoms with Crippen LogP contribution in [0.3, 0.4) is 0 Å². The molecule has 2 heterocycles. The van der Waals surface area contributed by atoms with Gasteiger partial charge in [-0.1, -0.05) is 41.4 Å². The summed E-state index contributed by atoms with van der Waals surface area (Å²) in [5.41, 5.74) is 4.22. The Morgan fingerprint density at radius 1 is 1.11 bits per heavy atom. The number of aliphatic imine (C=N–C) groups is 1. The fraction of sp³-hybridized carbons (Fsp3) is 0.273. The van der Waals surface area contributed by atoms with E-state index in [1.165, 1.54) is 11.1 Å². The second kappa shape index (κ2) is 7.97. The number of amides is 1. The lowest BCUT2D eigenvalue weighted by Gasteiger charge is -2.28. The van der Waals surface area contributed by atoms with E-state index in [4.69, 9.17) is 16.3 Å². The minimum Gasteiger partial charge on any atom is -0.476 e. The van der Waals surface area contributed by atoms with Crippen LogP contribution in [0.15, 0.2) is 59.1 Å². The second-order valence-corrected chi connectivity index (χ2v) is 7.20. The van der Waals surface area contributed by atoms with Crippen molar-refractivity contribution in [2.24, 2.45) is 4.99 Å². The van der Waals surface area contributed by atoms with Crippen LogP contribution in [0.2, 0.25) is 5.02 Å². The van der Waals surface area contributed by atoms with E-state index in [0.29, 0.717) is 17.2 Å². The van der Waals surface area contributed by atoms with Crippen molar-refractivity contribution in [1.82, 2.24) is 4.90 Å². The third-order valence-corrected chi connectivity index (χ3v) is 5.11. The highest BCUT2D eigenvalue weighted by Crippen LogP contribution is 2.22. The van der Waals surface area contributed by atoms with Crippen LogP contribution in [0.25, 0.3) is 6.08 Å². The van der Waals surface area contributed by atoms with Crippen molar-refractivity contribution in [3.05, 3.63) is 75.8 Å². The lowest BCUT2D eigenvalue weighted by molar-refractivity contribution is 0.0744. The highest BCUT2D eigenvalue weighted by atomic mass is 35.5. The van der Waals surface area contributed by atoms with Crippen LogP contribution in [-0.2, 0) is 4.74 Å². The van der Waals surface area contributed by atoms with Gasteiger partial charge in [0.25, 0.3) is 5.91 Å². The SMILES string of the molecule is O=C(c1cccc(Cl)c1)N1CCC(=Cc2ccc(C3=NCCO3)cc2)CC1. The Morgan fingerprint density at radius 2 is 1.89 bits per heavy atom. The molecular weight excluding hydrogens is 360 g/mol. The van der Waals surface area contributed by atoms with Crippen molar-refractivity contribution in [3.63, 3.8) is 0 Å². The average molecular weight is 381 g/mol. The second-order valence-electron chi connectivity index (χ2n) is 6.76. The Balaban J connectivity index is 1.38. The van der Waals surface area contributed by atoms with Crippen molar-refractivity contribution in [1.29, 1.82) is 0 Å². The maximum atomic E-state index is 12.6. The summed E-state index contributed by atoms with van der Waals surface area (Å²) in [5.74, 6) is 0.792. The van der Waals surface area contributed by atoms with Gasteiger partial charge in [0.05, 0.1) is 6.54 Å². The molecule has 1 saturated heterocycles. The van der Waals surface area contributed by atoms with Gasteiger partial charge in [0.2, 0.25) is 5.90 Å². The first kappa shape index (κ1) is 17.8. The van der Waals surface area contributed by atoms with Gasteiger partial charge in [0.1, 0.15) is 6.61 Å². The van der Waals surface area contributed by atoms with Crippen LogP contribution in [0.4, 0.5) is 0 Å². The average Bonchev–Trinajstić information content (AvgIpc) is 3.23. The minimum absolute atomic E-state index is 0.0539. The van der Waals surface area contributed by atoms with Gasteiger partial charge < -0.3 is 9.64 Å². The fourth-order valence-corrected chi connectivity index (χ4v) is 3.60. The molecular formula is C22H21ClN2O2. The molecule has 0 unspecified atom stereocenters. The van der Waals surface area contributed by atoms with Crippen LogP contribution < -0.4 is 0 Å². The maximum absolute atomic E-state index is 12.6. The third-order valence-electron chi connectivity index (χ3n) is 4.88. The zero-order valence-corrected chi connectivity index (χ0v) is 15.8. The molecule has 0 atom stereocenters. The highest BCUT2D eigenvalue weighted by Gasteiger charge is 2.20. The summed E-state index contributed by atoms with van der Waals surface area (Å²) in [5, 5.41) is 0.593. The van der Waals surface area contributed by atoms with Crippen molar-refractivity contribution >= 4 is 29.5 Å². The maximum Gasteiger partial charge on any atom is 0.253 e. The lowest BCUT2D eigenvalue weighted by atomic mass is 9.99. The molecule has 2 aromatic rings. The number of ether oxygens (including phenoxy) is 1. The molecule has 2 aliphatic rings. The van der Waals surface area contributed by atoms with E-state index >= 15 is 0 Å². The summed E-state index contributed by atoms with van der Waals surface area (Å²) in [6.45, 7) is 2.89. The molecule has 0 saturated carbocycles. The van der Waals surface area contributed by atoms with Crippen LogP contribution in [0, 0.1) is 0 Å². The monoisotopic (exact) mass is 380 g/mol. The van der Waals surface area contributed by atoms with Gasteiger partial charge >= 0.3 is 0 Å². The summed E-state index contributed by atoms with van der Waals surface area (Å²) in [6, 6.07) is 15.4. The lowest BCUT2D eigenvalue weighted by Crippen LogP contribution is -2.36. The van der Waals surface area contributed by atoms with E-state index in [1.54, 1.807) is 12.1 Å². The molecule has 0 aromatic heterocycles. The number of carbonyl (C=O) groups excluding carboxylic acids is 1. The Bertz CT molecular complexity index is 893. The molecule has 1 fully saturated rings. The topological polar surface area (TPSA) is 41.9 Å². The van der Waals surface area contributed by atoms with Gasteiger partial charge in [-0.15, -0.1) is 0 Å². The summed E-state index contributed by atoms with van der Waals surface area (Å²) in [6.07, 6.45) is 4.01. The minimum atomic E-state index is 0.0539. The Labute approximate surface area is 164 Å². The zero-order chi connectivity index (χ0) is 18.6. The molecule has 0 aliphatic carbocycles. The number of benzene rings is 2. The largest absolute Gasteiger partial charge is 0.476 e. The van der Waals surface area contributed by atoms with Crippen molar-refractivity contribution in [3.8, 4) is 0 Å². The first-order valence-corrected chi connectivity index (χ1v) is 9.59. The van der Waals surface area contributed by atoms with E-state index in [9.17, 15) is 4.79 Å². The fourth-order valence-electron chi connectivity index (χ4n) is 3.41. The highest BCUT2D eigenvalue weighted by molar-refractivity contribution is 6.30. The molecule has 2 aliphatic heterocycles. The molecule has 138 valence electrons. The molecule has 1 amide bonds. The quantitative estimate of drug-likeness (QED) is 0.790. The predicted molar refractivity (Wildman–Crippen MR) is 108 cm³/mol.